The molecule has 2 amide bonds. The monoisotopic (exact) mass is 307 g/mol. The van der Waals surface area contributed by atoms with Crippen LogP contribution in [0.1, 0.15) is 25.0 Å². The molecule has 0 fully saturated rings. The number of phenolic OH excluding ortho intramolecular Hbond substituents is 1. The largest absolute Gasteiger partial charge is 0.508 e. The average Bonchev–Trinajstić information content (AvgIpc) is 2.41. The first-order valence-electron chi connectivity index (χ1n) is 7.12. The SMILES string of the molecule is Cc1cc(C[C@H](NC(=O)C(C)(C)N(C)C)C(N)=O)ccc1O. The van der Waals surface area contributed by atoms with Crippen LogP contribution in [0.3, 0.4) is 0 Å². The molecule has 0 bridgehead atoms. The summed E-state index contributed by atoms with van der Waals surface area (Å²) in [5.41, 5.74) is 6.18. The Morgan fingerprint density at radius 1 is 1.36 bits per heavy atom. The standard InChI is InChI=1S/C16H25N3O3/c1-10-8-11(6-7-13(10)20)9-12(14(17)21)18-15(22)16(2,3)19(4)5/h6-8,12,20H,9H2,1-5H3,(H2,17,21)(H,18,22)/t12-/m0/s1. The zero-order valence-corrected chi connectivity index (χ0v) is 13.8. The normalized spacial score (nSPS) is 13.0. The van der Waals surface area contributed by atoms with Crippen molar-refractivity contribution in [2.45, 2.75) is 38.8 Å². The number of aromatic hydroxyl groups is 1. The van der Waals surface area contributed by atoms with Gasteiger partial charge >= 0.3 is 0 Å². The van der Waals surface area contributed by atoms with E-state index in [1.165, 1.54) is 0 Å². The zero-order valence-electron chi connectivity index (χ0n) is 13.8. The third-order valence-corrected chi connectivity index (χ3v) is 4.02. The lowest BCUT2D eigenvalue weighted by atomic mass is 9.99. The summed E-state index contributed by atoms with van der Waals surface area (Å²) in [6.07, 6.45) is 0.283. The van der Waals surface area contributed by atoms with Crippen LogP contribution >= 0.6 is 0 Å². The molecule has 0 spiro atoms. The molecule has 4 N–H and O–H groups in total. The number of nitrogens with one attached hydrogen (secondary N) is 1. The van der Waals surface area contributed by atoms with Crippen LogP contribution in [0.25, 0.3) is 0 Å². The highest BCUT2D eigenvalue weighted by atomic mass is 16.3. The summed E-state index contributed by atoms with van der Waals surface area (Å²) in [4.78, 5) is 25.7. The fourth-order valence-corrected chi connectivity index (χ4v) is 1.84. The van der Waals surface area contributed by atoms with Gasteiger partial charge in [0.25, 0.3) is 0 Å². The molecule has 1 atom stereocenters. The van der Waals surface area contributed by atoms with Gasteiger partial charge in [0.1, 0.15) is 11.8 Å². The van der Waals surface area contributed by atoms with Gasteiger partial charge in [-0.25, -0.2) is 0 Å². The Kier molecular flexibility index (Phi) is 5.54. The number of nitrogens with two attached hydrogens (primary N) is 1. The van der Waals surface area contributed by atoms with E-state index in [2.05, 4.69) is 5.32 Å². The van der Waals surface area contributed by atoms with Crippen LogP contribution in [0.15, 0.2) is 18.2 Å². The number of hydrogen-bond donors (Lipinski definition) is 3. The molecule has 22 heavy (non-hydrogen) atoms. The molecule has 0 aliphatic heterocycles. The molecule has 0 heterocycles. The van der Waals surface area contributed by atoms with E-state index in [4.69, 9.17) is 5.73 Å². The maximum Gasteiger partial charge on any atom is 0.240 e. The molecule has 0 saturated carbocycles. The number of likely N-dealkylation sites (N-methyl/N-ethyl adjacent to an activating group) is 1. The third kappa shape index (κ3) is 4.21. The quantitative estimate of drug-likeness (QED) is 0.715. The average molecular weight is 307 g/mol. The van der Waals surface area contributed by atoms with Crippen LogP contribution in [0, 0.1) is 6.92 Å². The van der Waals surface area contributed by atoms with Crippen molar-refractivity contribution in [3.05, 3.63) is 29.3 Å². The third-order valence-electron chi connectivity index (χ3n) is 4.02. The van der Waals surface area contributed by atoms with E-state index < -0.39 is 17.5 Å². The summed E-state index contributed by atoms with van der Waals surface area (Å²) in [5.74, 6) is -0.664. The molecular formula is C16H25N3O3. The molecule has 1 aromatic carbocycles. The Hall–Kier alpha value is -2.08. The van der Waals surface area contributed by atoms with Gasteiger partial charge in [0.15, 0.2) is 0 Å². The van der Waals surface area contributed by atoms with E-state index in [1.54, 1.807) is 58.0 Å². The van der Waals surface area contributed by atoms with Gasteiger partial charge in [0.2, 0.25) is 11.8 Å². The topological polar surface area (TPSA) is 95.7 Å². The van der Waals surface area contributed by atoms with Gasteiger partial charge in [-0.3, -0.25) is 14.5 Å². The summed E-state index contributed by atoms with van der Waals surface area (Å²) in [7, 11) is 3.59. The van der Waals surface area contributed by atoms with E-state index in [1.807, 2.05) is 0 Å². The van der Waals surface area contributed by atoms with E-state index >= 15 is 0 Å². The number of aryl methyl sites for hydroxylation is 1. The lowest BCUT2D eigenvalue weighted by Crippen LogP contribution is -2.57. The molecule has 0 radical (unpaired) electrons. The molecule has 1 rings (SSSR count). The van der Waals surface area contributed by atoms with E-state index in [0.717, 1.165) is 5.56 Å². The van der Waals surface area contributed by atoms with Crippen LogP contribution in [-0.2, 0) is 16.0 Å². The predicted octanol–water partition coefficient (Wildman–Crippen LogP) is 0.553. The minimum atomic E-state index is -0.796. The first-order valence-corrected chi connectivity index (χ1v) is 7.12. The number of rotatable bonds is 6. The fourth-order valence-electron chi connectivity index (χ4n) is 1.84. The van der Waals surface area contributed by atoms with Crippen molar-refractivity contribution in [2.75, 3.05) is 14.1 Å². The maximum atomic E-state index is 12.3. The van der Waals surface area contributed by atoms with Crippen molar-refractivity contribution < 1.29 is 14.7 Å². The molecule has 0 aliphatic carbocycles. The molecular weight excluding hydrogens is 282 g/mol. The second-order valence-electron chi connectivity index (χ2n) is 6.21. The summed E-state index contributed by atoms with van der Waals surface area (Å²) in [6.45, 7) is 5.31. The second-order valence-corrected chi connectivity index (χ2v) is 6.21. The number of hydrogen-bond acceptors (Lipinski definition) is 4. The number of phenols is 1. The number of nitrogens with zero attached hydrogens (tertiary/aromatic N) is 1. The molecule has 0 aromatic heterocycles. The van der Waals surface area contributed by atoms with E-state index in [9.17, 15) is 14.7 Å². The minimum absolute atomic E-state index is 0.192. The van der Waals surface area contributed by atoms with Gasteiger partial charge in [-0.1, -0.05) is 12.1 Å². The number of carbonyl (C=O) groups excluding carboxylic acids is 2. The van der Waals surface area contributed by atoms with Crippen LogP contribution in [0.2, 0.25) is 0 Å². The maximum absolute atomic E-state index is 12.3. The summed E-state index contributed by atoms with van der Waals surface area (Å²) in [5, 5.41) is 12.2. The Bertz CT molecular complexity index is 568. The number of primary amides is 1. The number of carbonyl (C=O) groups is 2. The smallest absolute Gasteiger partial charge is 0.240 e. The summed E-state index contributed by atoms with van der Waals surface area (Å²) in [6, 6.07) is 4.25. The second kappa shape index (κ2) is 6.79. The highest BCUT2D eigenvalue weighted by Crippen LogP contribution is 2.18. The van der Waals surface area contributed by atoms with Gasteiger partial charge in [-0.05, 0) is 52.1 Å². The Morgan fingerprint density at radius 3 is 2.41 bits per heavy atom. The lowest BCUT2D eigenvalue weighted by Gasteiger charge is -2.32. The fraction of sp³-hybridized carbons (Fsp3) is 0.500. The Balaban J connectivity index is 2.89. The van der Waals surface area contributed by atoms with Crippen LogP contribution in [-0.4, -0.2) is 47.5 Å². The van der Waals surface area contributed by atoms with Crippen molar-refractivity contribution in [2.24, 2.45) is 5.73 Å². The van der Waals surface area contributed by atoms with Crippen LogP contribution in [0.4, 0.5) is 0 Å². The van der Waals surface area contributed by atoms with E-state index in [-0.39, 0.29) is 18.1 Å². The molecule has 0 aliphatic rings. The van der Waals surface area contributed by atoms with Gasteiger partial charge < -0.3 is 16.2 Å². The molecule has 122 valence electrons. The summed E-state index contributed by atoms with van der Waals surface area (Å²) >= 11 is 0. The van der Waals surface area contributed by atoms with Crippen molar-refractivity contribution in [3.63, 3.8) is 0 Å². The number of benzene rings is 1. The van der Waals surface area contributed by atoms with E-state index in [0.29, 0.717) is 5.56 Å². The minimum Gasteiger partial charge on any atom is -0.508 e. The van der Waals surface area contributed by atoms with Gasteiger partial charge in [0, 0.05) is 6.42 Å². The highest BCUT2D eigenvalue weighted by molar-refractivity contribution is 5.91. The number of amides is 2. The van der Waals surface area contributed by atoms with Gasteiger partial charge in [-0.2, -0.15) is 0 Å². The molecule has 1 aromatic rings. The molecule has 0 unspecified atom stereocenters. The highest BCUT2D eigenvalue weighted by Gasteiger charge is 2.32. The van der Waals surface area contributed by atoms with Gasteiger partial charge in [-0.15, -0.1) is 0 Å². The first kappa shape index (κ1) is 18.0. The van der Waals surface area contributed by atoms with Crippen molar-refractivity contribution in [1.29, 1.82) is 0 Å². The first-order chi connectivity index (χ1) is 10.1. The van der Waals surface area contributed by atoms with Crippen LogP contribution in [0.5, 0.6) is 5.75 Å². The lowest BCUT2D eigenvalue weighted by molar-refractivity contribution is -0.133. The predicted molar refractivity (Wildman–Crippen MR) is 85.4 cm³/mol. The zero-order chi connectivity index (χ0) is 17.1. The Morgan fingerprint density at radius 2 is 1.95 bits per heavy atom. The van der Waals surface area contributed by atoms with Crippen molar-refractivity contribution >= 4 is 11.8 Å². The Labute approximate surface area is 131 Å². The van der Waals surface area contributed by atoms with Crippen molar-refractivity contribution in [1.82, 2.24) is 10.2 Å². The molecule has 6 heteroatoms. The molecule has 0 saturated heterocycles. The van der Waals surface area contributed by atoms with Crippen LogP contribution < -0.4 is 11.1 Å². The molecule has 6 nitrogen and oxygen atoms in total. The van der Waals surface area contributed by atoms with Crippen molar-refractivity contribution in [3.8, 4) is 5.75 Å². The van der Waals surface area contributed by atoms with Gasteiger partial charge in [0.05, 0.1) is 5.54 Å². The summed E-state index contributed by atoms with van der Waals surface area (Å²) < 4.78 is 0.